The zero-order valence-electron chi connectivity index (χ0n) is 7.08. The molecule has 0 bridgehead atoms. The first-order chi connectivity index (χ1) is 4.00. The Kier molecular flexibility index (Phi) is 71.5. The molecular formula is H10O13S2Zr. The zero-order chi connectivity index (χ0) is 9.00. The van der Waals surface area contributed by atoms with Crippen molar-refractivity contribution in [3.05, 3.63) is 0 Å². The maximum absolute atomic E-state index is 8.52. The van der Waals surface area contributed by atoms with Gasteiger partial charge in [-0.3, -0.25) is 16.8 Å². The van der Waals surface area contributed by atoms with Crippen LogP contribution in [-0.4, -0.2) is 62.4 Å². The molecule has 104 valence electrons. The summed E-state index contributed by atoms with van der Waals surface area (Å²) in [6.07, 6.45) is 0. The fraction of sp³-hybridized carbons (Fsp3) is 0. The molecule has 0 aromatic heterocycles. The fourth-order valence-electron chi connectivity index (χ4n) is 0. The van der Waals surface area contributed by atoms with E-state index in [0.717, 1.165) is 0 Å². The minimum atomic E-state index is -5.17. The third-order valence-corrected chi connectivity index (χ3v) is 0. The van der Waals surface area contributed by atoms with Crippen molar-refractivity contribution in [3.63, 3.8) is 0 Å². The van der Waals surface area contributed by atoms with Gasteiger partial charge in [0.1, 0.15) is 0 Å². The van der Waals surface area contributed by atoms with Crippen molar-refractivity contribution in [2.75, 3.05) is 0 Å². The Morgan fingerprint density at radius 2 is 0.500 bits per heavy atom. The van der Waals surface area contributed by atoms with Crippen molar-refractivity contribution in [2.24, 2.45) is 0 Å². The Morgan fingerprint density at radius 1 is 0.500 bits per heavy atom. The van der Waals surface area contributed by atoms with Crippen LogP contribution in [0.3, 0.4) is 0 Å². The molecule has 0 amide bonds. The maximum Gasteiger partial charge on any atom is 4.00 e. The van der Waals surface area contributed by atoms with Gasteiger partial charge in [-0.15, -0.1) is 0 Å². The van der Waals surface area contributed by atoms with Crippen LogP contribution in [0.1, 0.15) is 0 Å². The summed E-state index contributed by atoms with van der Waals surface area (Å²) >= 11 is 0. The minimum absolute atomic E-state index is 0. The molecule has 0 aromatic rings. The van der Waals surface area contributed by atoms with Crippen LogP contribution in [0.5, 0.6) is 0 Å². The van der Waals surface area contributed by atoms with Gasteiger partial charge in [0.2, 0.25) is 0 Å². The predicted octanol–water partition coefficient (Wildman–Crippen LogP) is -6.80. The van der Waals surface area contributed by atoms with Crippen LogP contribution >= 0.6 is 0 Å². The van der Waals surface area contributed by atoms with Crippen molar-refractivity contribution < 1.29 is 88.6 Å². The van der Waals surface area contributed by atoms with Gasteiger partial charge in [0, 0.05) is 20.8 Å². The number of hydrogen-bond donors (Lipinski definition) is 0. The van der Waals surface area contributed by atoms with E-state index in [1.165, 1.54) is 0 Å². The van der Waals surface area contributed by atoms with Gasteiger partial charge in [-0.2, -0.15) is 0 Å². The molecule has 13 nitrogen and oxygen atoms in total. The minimum Gasteiger partial charge on any atom is -0.759 e. The molecule has 0 unspecified atom stereocenters. The van der Waals surface area contributed by atoms with Crippen LogP contribution in [0.4, 0.5) is 0 Å². The Bertz CT molecular complexity index is 210. The Labute approximate surface area is 109 Å². The van der Waals surface area contributed by atoms with Crippen molar-refractivity contribution >= 4 is 20.8 Å². The molecule has 10 N–H and O–H groups in total. The van der Waals surface area contributed by atoms with Crippen molar-refractivity contribution in [1.82, 2.24) is 0 Å². The van der Waals surface area contributed by atoms with Crippen molar-refractivity contribution in [3.8, 4) is 0 Å². The average Bonchev–Trinajstić information content (AvgIpc) is 1.12. The molecule has 0 aromatic carbocycles. The molecule has 16 heteroatoms. The van der Waals surface area contributed by atoms with E-state index in [0.29, 0.717) is 0 Å². The largest absolute Gasteiger partial charge is 4.00 e. The van der Waals surface area contributed by atoms with E-state index in [4.69, 9.17) is 35.0 Å². The Morgan fingerprint density at radius 3 is 0.500 bits per heavy atom. The van der Waals surface area contributed by atoms with E-state index in [2.05, 4.69) is 0 Å². The summed E-state index contributed by atoms with van der Waals surface area (Å²) in [4.78, 5) is 0. The second kappa shape index (κ2) is 20.8. The smallest absolute Gasteiger partial charge is 0.759 e. The first-order valence-electron chi connectivity index (χ1n) is 1.33. The van der Waals surface area contributed by atoms with E-state index in [9.17, 15) is 0 Å². The van der Waals surface area contributed by atoms with E-state index in [1.807, 2.05) is 0 Å². The normalized spacial score (nSPS) is 7.25. The third-order valence-electron chi connectivity index (χ3n) is 0. The predicted molar refractivity (Wildman–Crippen MR) is 39.0 cm³/mol. The third kappa shape index (κ3) is 14500. The van der Waals surface area contributed by atoms with Gasteiger partial charge in [-0.1, -0.05) is 0 Å². The standard InChI is InChI=1S/2H2O4S.5H2O.Zr/c2*1-5(2,3)4;;;;;;/h2*(H2,1,2,3,4);5*1H2;/q;;;;;;;+4/p-4. The van der Waals surface area contributed by atoms with Gasteiger partial charge in [-0.25, -0.2) is 0 Å². The molecule has 0 radical (unpaired) electrons. The summed E-state index contributed by atoms with van der Waals surface area (Å²) in [5, 5.41) is 0. The van der Waals surface area contributed by atoms with Crippen LogP contribution in [0.15, 0.2) is 0 Å². The first kappa shape index (κ1) is 55.1. The van der Waals surface area contributed by atoms with Crippen LogP contribution in [0.2, 0.25) is 0 Å². The second-order valence-corrected chi connectivity index (χ2v) is 2.45. The van der Waals surface area contributed by atoms with Gasteiger partial charge in [0.25, 0.3) is 0 Å². The van der Waals surface area contributed by atoms with E-state index in [1.54, 1.807) is 0 Å². The van der Waals surface area contributed by atoms with Gasteiger partial charge >= 0.3 is 26.2 Å². The monoisotopic (exact) mass is 372 g/mol. The summed E-state index contributed by atoms with van der Waals surface area (Å²) in [6.45, 7) is 0. The quantitative estimate of drug-likeness (QED) is 0.289. The fourth-order valence-corrected chi connectivity index (χ4v) is 0. The summed E-state index contributed by atoms with van der Waals surface area (Å²) in [7, 11) is -10.3. The molecule has 0 atom stereocenters. The van der Waals surface area contributed by atoms with E-state index >= 15 is 0 Å². The molecule has 0 aliphatic rings. The van der Waals surface area contributed by atoms with E-state index < -0.39 is 20.8 Å². The van der Waals surface area contributed by atoms with Crippen LogP contribution in [-0.2, 0) is 47.0 Å². The molecule has 0 aliphatic heterocycles. The molecule has 0 saturated heterocycles. The summed E-state index contributed by atoms with van der Waals surface area (Å²) in [5.74, 6) is 0. The Hall–Kier alpha value is 0.423. The molecular weight excluding hydrogens is 363 g/mol. The van der Waals surface area contributed by atoms with Crippen molar-refractivity contribution in [2.45, 2.75) is 0 Å². The number of rotatable bonds is 0. The summed E-state index contributed by atoms with van der Waals surface area (Å²) in [6, 6.07) is 0. The summed E-state index contributed by atoms with van der Waals surface area (Å²) in [5.41, 5.74) is 0. The molecule has 0 heterocycles. The number of hydrogen-bond acceptors (Lipinski definition) is 8. The molecule has 0 spiro atoms. The SMILES string of the molecule is O.O.O.O.O.O=S(=O)([O-])[O-].O=S(=O)([O-])[O-].[Zr+4]. The van der Waals surface area contributed by atoms with Crippen LogP contribution in [0.25, 0.3) is 0 Å². The van der Waals surface area contributed by atoms with Crippen molar-refractivity contribution in [1.29, 1.82) is 0 Å². The zero-order valence-corrected chi connectivity index (χ0v) is 11.2. The van der Waals surface area contributed by atoms with Crippen LogP contribution < -0.4 is 0 Å². The molecule has 0 fully saturated rings. The molecule has 0 saturated carbocycles. The Balaban J connectivity index is -0.00000000970. The van der Waals surface area contributed by atoms with Crippen LogP contribution in [0, 0.1) is 0 Å². The summed E-state index contributed by atoms with van der Waals surface area (Å²) < 4.78 is 68.2. The second-order valence-electron chi connectivity index (χ2n) is 0.816. The molecule has 0 rings (SSSR count). The van der Waals surface area contributed by atoms with Gasteiger partial charge in [-0.05, 0) is 0 Å². The topological polar surface area (TPSA) is 318 Å². The average molecular weight is 373 g/mol. The van der Waals surface area contributed by atoms with Gasteiger partial charge < -0.3 is 45.6 Å². The molecule has 16 heavy (non-hydrogen) atoms. The first-order valence-corrected chi connectivity index (χ1v) is 4.00. The maximum atomic E-state index is 8.52. The van der Waals surface area contributed by atoms with Gasteiger partial charge in [0.05, 0.1) is 0 Å². The van der Waals surface area contributed by atoms with Gasteiger partial charge in [0.15, 0.2) is 0 Å². The van der Waals surface area contributed by atoms with E-state index in [-0.39, 0.29) is 53.6 Å². The molecule has 0 aliphatic carbocycles.